The van der Waals surface area contributed by atoms with Crippen LogP contribution >= 0.6 is 11.6 Å². The zero-order valence-electron chi connectivity index (χ0n) is 11.1. The first-order chi connectivity index (χ1) is 9.71. The number of aliphatic hydroxyl groups excluding tert-OH is 1. The van der Waals surface area contributed by atoms with Crippen molar-refractivity contribution < 1.29 is 14.6 Å². The standard InChI is InChI=1S/C13H16ClN3O3/c1-19-12-15-11(14)16-13(17-12)20-6-10-8-3-2-7(4-8)9(10)5-18/h2-3,7-10,18H,4-6H2,1H3/t7-,8+,9-,10+/m1/s1. The lowest BCUT2D eigenvalue weighted by Gasteiger charge is -2.25. The molecule has 2 bridgehead atoms. The number of halogens is 1. The predicted molar refractivity (Wildman–Crippen MR) is 71.7 cm³/mol. The van der Waals surface area contributed by atoms with E-state index in [9.17, 15) is 5.11 Å². The van der Waals surface area contributed by atoms with Crippen LogP contribution < -0.4 is 9.47 Å². The molecule has 0 unspecified atom stereocenters. The van der Waals surface area contributed by atoms with Gasteiger partial charge in [0.15, 0.2) is 0 Å². The van der Waals surface area contributed by atoms with Gasteiger partial charge < -0.3 is 14.6 Å². The summed E-state index contributed by atoms with van der Waals surface area (Å²) in [7, 11) is 1.46. The maximum atomic E-state index is 9.51. The van der Waals surface area contributed by atoms with Crippen molar-refractivity contribution in [2.45, 2.75) is 6.42 Å². The summed E-state index contributed by atoms with van der Waals surface area (Å²) in [5.41, 5.74) is 0. The summed E-state index contributed by atoms with van der Waals surface area (Å²) >= 11 is 5.77. The van der Waals surface area contributed by atoms with Gasteiger partial charge in [0.1, 0.15) is 0 Å². The second-order valence-electron chi connectivity index (χ2n) is 5.14. The highest BCUT2D eigenvalue weighted by molar-refractivity contribution is 6.28. The third-order valence-corrected chi connectivity index (χ3v) is 4.33. The Labute approximate surface area is 121 Å². The number of ether oxygens (including phenoxy) is 2. The van der Waals surface area contributed by atoms with Gasteiger partial charge in [-0.2, -0.15) is 9.97 Å². The molecule has 0 saturated heterocycles. The van der Waals surface area contributed by atoms with E-state index >= 15 is 0 Å². The minimum Gasteiger partial charge on any atom is -0.467 e. The normalized spacial score (nSPS) is 30.8. The van der Waals surface area contributed by atoms with Gasteiger partial charge in [0.2, 0.25) is 5.28 Å². The number of rotatable bonds is 5. The molecule has 1 aromatic rings. The Morgan fingerprint density at radius 3 is 2.60 bits per heavy atom. The van der Waals surface area contributed by atoms with Crippen molar-refractivity contribution >= 4 is 11.6 Å². The van der Waals surface area contributed by atoms with Crippen molar-refractivity contribution in [3.05, 3.63) is 17.4 Å². The number of allylic oxidation sites excluding steroid dienone is 2. The van der Waals surface area contributed by atoms with Gasteiger partial charge in [0.25, 0.3) is 0 Å². The number of hydrogen-bond donors (Lipinski definition) is 1. The third kappa shape index (κ3) is 2.45. The van der Waals surface area contributed by atoms with E-state index in [4.69, 9.17) is 21.1 Å². The van der Waals surface area contributed by atoms with Crippen molar-refractivity contribution in [1.29, 1.82) is 0 Å². The van der Waals surface area contributed by atoms with E-state index in [0.29, 0.717) is 18.4 Å². The lowest BCUT2D eigenvalue weighted by molar-refractivity contribution is 0.117. The van der Waals surface area contributed by atoms with Crippen molar-refractivity contribution in [2.24, 2.45) is 23.7 Å². The number of nitrogens with zero attached hydrogens (tertiary/aromatic N) is 3. The molecule has 108 valence electrons. The first kappa shape index (κ1) is 13.6. The fourth-order valence-electron chi connectivity index (χ4n) is 3.19. The van der Waals surface area contributed by atoms with Gasteiger partial charge in [-0.05, 0) is 35.8 Å². The number of aromatic nitrogens is 3. The van der Waals surface area contributed by atoms with Crippen LogP contribution in [0.3, 0.4) is 0 Å². The van der Waals surface area contributed by atoms with Crippen LogP contribution in [0.1, 0.15) is 6.42 Å². The van der Waals surface area contributed by atoms with Gasteiger partial charge >= 0.3 is 12.0 Å². The van der Waals surface area contributed by atoms with Crippen LogP contribution in [0.2, 0.25) is 5.28 Å². The summed E-state index contributed by atoms with van der Waals surface area (Å²) in [6.45, 7) is 0.640. The molecule has 6 nitrogen and oxygen atoms in total. The molecule has 0 aromatic carbocycles. The number of aliphatic hydroxyl groups is 1. The van der Waals surface area contributed by atoms with Crippen molar-refractivity contribution in [1.82, 2.24) is 15.0 Å². The van der Waals surface area contributed by atoms with E-state index in [2.05, 4.69) is 27.1 Å². The Morgan fingerprint density at radius 1 is 1.20 bits per heavy atom. The van der Waals surface area contributed by atoms with Crippen molar-refractivity contribution in [3.63, 3.8) is 0 Å². The fourth-order valence-corrected chi connectivity index (χ4v) is 3.33. The smallest absolute Gasteiger partial charge is 0.323 e. The summed E-state index contributed by atoms with van der Waals surface area (Å²) in [5, 5.41) is 9.55. The Kier molecular flexibility index (Phi) is 3.76. The van der Waals surface area contributed by atoms with E-state index < -0.39 is 0 Å². The number of methoxy groups -OCH3 is 1. The SMILES string of the molecule is COc1nc(Cl)nc(OC[C@@H]2[C@H](CO)[C@@H]3C=C[C@H]2C3)n1. The molecule has 2 aliphatic carbocycles. The molecule has 1 saturated carbocycles. The maximum absolute atomic E-state index is 9.51. The largest absolute Gasteiger partial charge is 0.467 e. The minimum absolute atomic E-state index is 0.0402. The zero-order chi connectivity index (χ0) is 14.1. The Balaban J connectivity index is 1.67. The Morgan fingerprint density at radius 2 is 1.90 bits per heavy atom. The van der Waals surface area contributed by atoms with Gasteiger partial charge in [-0.3, -0.25) is 0 Å². The van der Waals surface area contributed by atoms with Gasteiger partial charge in [-0.15, -0.1) is 4.98 Å². The lowest BCUT2D eigenvalue weighted by Crippen LogP contribution is -2.28. The monoisotopic (exact) mass is 297 g/mol. The quantitative estimate of drug-likeness (QED) is 0.827. The molecule has 2 aliphatic rings. The van der Waals surface area contributed by atoms with Crippen LogP contribution in [0, 0.1) is 23.7 Å². The van der Waals surface area contributed by atoms with Crippen LogP contribution in [0.15, 0.2) is 12.2 Å². The molecule has 1 N–H and O–H groups in total. The maximum Gasteiger partial charge on any atom is 0.323 e. The second-order valence-corrected chi connectivity index (χ2v) is 5.48. The Hall–Kier alpha value is -1.40. The molecule has 1 aromatic heterocycles. The average molecular weight is 298 g/mol. The molecule has 4 atom stereocenters. The van der Waals surface area contributed by atoms with Gasteiger partial charge in [-0.25, -0.2) is 0 Å². The van der Waals surface area contributed by atoms with Crippen LogP contribution in [0.4, 0.5) is 0 Å². The summed E-state index contributed by atoms with van der Waals surface area (Å²) in [6.07, 6.45) is 5.51. The van der Waals surface area contributed by atoms with Crippen LogP contribution in [-0.2, 0) is 0 Å². The van der Waals surface area contributed by atoms with E-state index in [1.807, 2.05) is 0 Å². The highest BCUT2D eigenvalue weighted by atomic mass is 35.5. The van der Waals surface area contributed by atoms with Crippen molar-refractivity contribution in [3.8, 4) is 12.0 Å². The predicted octanol–water partition coefficient (Wildman–Crippen LogP) is 1.34. The van der Waals surface area contributed by atoms with Gasteiger partial charge in [0.05, 0.1) is 13.7 Å². The second kappa shape index (κ2) is 5.54. The van der Waals surface area contributed by atoms with Crippen LogP contribution in [0.5, 0.6) is 12.0 Å². The van der Waals surface area contributed by atoms with Crippen molar-refractivity contribution in [2.75, 3.05) is 20.3 Å². The fraction of sp³-hybridized carbons (Fsp3) is 0.615. The molecular weight excluding hydrogens is 282 g/mol. The van der Waals surface area contributed by atoms with Crippen LogP contribution in [-0.4, -0.2) is 40.4 Å². The van der Waals surface area contributed by atoms with E-state index in [-0.39, 0.29) is 35.7 Å². The third-order valence-electron chi connectivity index (χ3n) is 4.17. The first-order valence-corrected chi connectivity index (χ1v) is 6.96. The molecule has 7 heteroatoms. The zero-order valence-corrected chi connectivity index (χ0v) is 11.8. The molecule has 1 fully saturated rings. The molecule has 3 rings (SSSR count). The molecule has 0 spiro atoms. The summed E-state index contributed by atoms with van der Waals surface area (Å²) < 4.78 is 10.5. The van der Waals surface area contributed by atoms with Crippen LogP contribution in [0.25, 0.3) is 0 Å². The Bertz CT molecular complexity index is 526. The molecule has 20 heavy (non-hydrogen) atoms. The van der Waals surface area contributed by atoms with E-state index in [1.54, 1.807) is 0 Å². The van der Waals surface area contributed by atoms with E-state index in [1.165, 1.54) is 7.11 Å². The lowest BCUT2D eigenvalue weighted by atomic mass is 9.84. The highest BCUT2D eigenvalue weighted by Gasteiger charge is 2.44. The number of fused-ring (bicyclic) bond motifs is 2. The number of hydrogen-bond acceptors (Lipinski definition) is 6. The molecule has 0 amide bonds. The van der Waals surface area contributed by atoms with Gasteiger partial charge in [-0.1, -0.05) is 12.2 Å². The minimum atomic E-state index is 0.0402. The molecule has 0 aliphatic heterocycles. The molecule has 0 radical (unpaired) electrons. The topological polar surface area (TPSA) is 77.4 Å². The van der Waals surface area contributed by atoms with Gasteiger partial charge in [0, 0.05) is 12.5 Å². The summed E-state index contributed by atoms with van der Waals surface area (Å²) in [4.78, 5) is 11.7. The highest BCUT2D eigenvalue weighted by Crippen LogP contribution is 2.47. The summed E-state index contributed by atoms with van der Waals surface area (Å²) in [6, 6.07) is 0.289. The van der Waals surface area contributed by atoms with E-state index in [0.717, 1.165) is 6.42 Å². The average Bonchev–Trinajstić information content (AvgIpc) is 3.04. The molecular formula is C13H16ClN3O3. The molecule has 1 heterocycles. The first-order valence-electron chi connectivity index (χ1n) is 6.59. The summed E-state index contributed by atoms with van der Waals surface area (Å²) in [5.74, 6) is 1.48.